The number of nitrogens with one attached hydrogen (secondary N) is 1. The van der Waals surface area contributed by atoms with Gasteiger partial charge in [-0.15, -0.1) is 24.0 Å². The van der Waals surface area contributed by atoms with Gasteiger partial charge in [0.05, 0.1) is 5.69 Å². The van der Waals surface area contributed by atoms with Gasteiger partial charge in [-0.3, -0.25) is 9.67 Å². The van der Waals surface area contributed by atoms with Gasteiger partial charge in [0, 0.05) is 46.0 Å². The zero-order valence-electron chi connectivity index (χ0n) is 18.6. The summed E-state index contributed by atoms with van der Waals surface area (Å²) < 4.78 is 1.91. The smallest absolute Gasteiger partial charge is 0.193 e. The summed E-state index contributed by atoms with van der Waals surface area (Å²) in [5.41, 5.74) is 2.46. The molecule has 1 saturated heterocycles. The highest BCUT2D eigenvalue weighted by Crippen LogP contribution is 2.18. The van der Waals surface area contributed by atoms with Gasteiger partial charge in [-0.25, -0.2) is 0 Å². The van der Waals surface area contributed by atoms with E-state index >= 15 is 0 Å². The molecule has 1 fully saturated rings. The summed E-state index contributed by atoms with van der Waals surface area (Å²) >= 11 is 0. The van der Waals surface area contributed by atoms with E-state index in [9.17, 15) is 0 Å². The van der Waals surface area contributed by atoms with Crippen molar-refractivity contribution in [2.24, 2.45) is 12.0 Å². The fourth-order valence-electron chi connectivity index (χ4n) is 3.90. The lowest BCUT2D eigenvalue weighted by Crippen LogP contribution is -2.39. The summed E-state index contributed by atoms with van der Waals surface area (Å²) in [5, 5.41) is 8.13. The third kappa shape index (κ3) is 8.27. The Morgan fingerprint density at radius 2 is 1.93 bits per heavy atom. The van der Waals surface area contributed by atoms with Crippen molar-refractivity contribution in [3.63, 3.8) is 0 Å². The fourth-order valence-corrected chi connectivity index (χ4v) is 3.90. The van der Waals surface area contributed by atoms with E-state index in [0.717, 1.165) is 19.0 Å². The van der Waals surface area contributed by atoms with Gasteiger partial charge < -0.3 is 15.1 Å². The zero-order valence-corrected chi connectivity index (χ0v) is 20.9. The van der Waals surface area contributed by atoms with E-state index in [-0.39, 0.29) is 24.0 Å². The lowest BCUT2D eigenvalue weighted by molar-refractivity contribution is 0.224. The number of unbranched alkanes of at least 4 members (excludes halogenated alkanes) is 2. The quantitative estimate of drug-likeness (QED) is 0.241. The van der Waals surface area contributed by atoms with Crippen molar-refractivity contribution < 1.29 is 0 Å². The first-order valence-electron chi connectivity index (χ1n) is 10.7. The van der Waals surface area contributed by atoms with Crippen LogP contribution in [0.3, 0.4) is 0 Å². The summed E-state index contributed by atoms with van der Waals surface area (Å²) in [4.78, 5) is 9.27. The Kier molecular flexibility index (Phi) is 12.1. The molecule has 1 N–H and O–H groups in total. The zero-order chi connectivity index (χ0) is 19.6. The number of aliphatic imine (C=N–C) groups is 1. The molecule has 28 heavy (non-hydrogen) atoms. The second kappa shape index (κ2) is 13.4. The summed E-state index contributed by atoms with van der Waals surface area (Å²) in [6.45, 7) is 10.1. The van der Waals surface area contributed by atoms with Crippen molar-refractivity contribution in [1.29, 1.82) is 0 Å². The molecule has 0 bridgehead atoms. The molecule has 2 rings (SSSR count). The summed E-state index contributed by atoms with van der Waals surface area (Å²) in [6.07, 6.45) is 10.1. The average molecular weight is 505 g/mol. The second-order valence-electron chi connectivity index (χ2n) is 8.16. The van der Waals surface area contributed by atoms with Crippen LogP contribution in [0.4, 0.5) is 0 Å². The van der Waals surface area contributed by atoms with E-state index in [0.29, 0.717) is 5.92 Å². The van der Waals surface area contributed by atoms with Crippen molar-refractivity contribution in [3.05, 3.63) is 17.5 Å². The van der Waals surface area contributed by atoms with Crippen LogP contribution in [-0.4, -0.2) is 65.8 Å². The molecule has 0 unspecified atom stereocenters. The van der Waals surface area contributed by atoms with Crippen LogP contribution in [0.5, 0.6) is 0 Å². The summed E-state index contributed by atoms with van der Waals surface area (Å²) in [7, 11) is 5.96. The molecule has 0 atom stereocenters. The number of piperidine rings is 1. The molecular weight excluding hydrogens is 463 g/mol. The largest absolute Gasteiger partial charge is 0.356 e. The molecule has 7 heteroatoms. The molecule has 0 amide bonds. The Hall–Kier alpha value is -0.830. The van der Waals surface area contributed by atoms with Gasteiger partial charge in [-0.05, 0) is 51.2 Å². The molecule has 0 radical (unpaired) electrons. The summed E-state index contributed by atoms with van der Waals surface area (Å²) in [6, 6.07) is 0. The topological polar surface area (TPSA) is 48.7 Å². The van der Waals surface area contributed by atoms with Gasteiger partial charge in [0.25, 0.3) is 0 Å². The molecule has 2 heterocycles. The lowest BCUT2D eigenvalue weighted by Gasteiger charge is -2.26. The Morgan fingerprint density at radius 3 is 2.57 bits per heavy atom. The Bertz CT molecular complexity index is 577. The average Bonchev–Trinajstić information content (AvgIpc) is 3.02. The maximum absolute atomic E-state index is 4.61. The lowest BCUT2D eigenvalue weighted by atomic mass is 10.1. The van der Waals surface area contributed by atoms with Gasteiger partial charge in [-0.1, -0.05) is 26.7 Å². The number of guanidine groups is 1. The SMILES string of the molecule is CN=C(NCCCCCN1CCCCC1)N(C)Cc1cn(C)nc1C(C)C.I. The number of rotatable bonds is 9. The molecule has 0 saturated carbocycles. The number of nitrogens with zero attached hydrogens (tertiary/aromatic N) is 5. The highest BCUT2D eigenvalue weighted by Gasteiger charge is 2.15. The van der Waals surface area contributed by atoms with Crippen molar-refractivity contribution in [3.8, 4) is 0 Å². The molecule has 1 aromatic rings. The van der Waals surface area contributed by atoms with E-state index < -0.39 is 0 Å². The molecule has 1 aromatic heterocycles. The van der Waals surface area contributed by atoms with E-state index in [1.807, 2.05) is 18.8 Å². The first kappa shape index (κ1) is 25.2. The predicted molar refractivity (Wildman–Crippen MR) is 130 cm³/mol. The number of halogens is 1. The van der Waals surface area contributed by atoms with Crippen LogP contribution < -0.4 is 5.32 Å². The van der Waals surface area contributed by atoms with Crippen LogP contribution in [0.1, 0.15) is 69.5 Å². The van der Waals surface area contributed by atoms with Crippen LogP contribution in [0.2, 0.25) is 0 Å². The number of likely N-dealkylation sites (tertiary alicyclic amines) is 1. The summed E-state index contributed by atoms with van der Waals surface area (Å²) in [5.74, 6) is 1.40. The second-order valence-corrected chi connectivity index (χ2v) is 8.16. The highest BCUT2D eigenvalue weighted by atomic mass is 127. The standard InChI is InChI=1S/C21H40N6.HI/c1-18(2)20-19(17-26(5)24-20)16-25(4)21(22-3)23-12-8-6-9-13-27-14-10-7-11-15-27;/h17-18H,6-16H2,1-5H3,(H,22,23);1H. The Labute approximate surface area is 189 Å². The normalized spacial score (nSPS) is 15.6. The Morgan fingerprint density at radius 1 is 1.21 bits per heavy atom. The minimum atomic E-state index is 0. The number of aromatic nitrogens is 2. The monoisotopic (exact) mass is 504 g/mol. The third-order valence-electron chi connectivity index (χ3n) is 5.35. The molecule has 0 spiro atoms. The first-order chi connectivity index (χ1) is 13.0. The van der Waals surface area contributed by atoms with Gasteiger partial charge in [0.2, 0.25) is 0 Å². The van der Waals surface area contributed by atoms with Crippen molar-refractivity contribution in [2.75, 3.05) is 40.3 Å². The number of aryl methyl sites for hydroxylation is 1. The van der Waals surface area contributed by atoms with Crippen LogP contribution >= 0.6 is 24.0 Å². The number of hydrogen-bond donors (Lipinski definition) is 1. The van der Waals surface area contributed by atoms with Crippen LogP contribution in [-0.2, 0) is 13.6 Å². The highest BCUT2D eigenvalue weighted by molar-refractivity contribution is 14.0. The molecule has 0 aromatic carbocycles. The minimum Gasteiger partial charge on any atom is -0.356 e. The van der Waals surface area contributed by atoms with Crippen molar-refractivity contribution in [2.45, 2.75) is 64.8 Å². The van der Waals surface area contributed by atoms with E-state index in [1.54, 1.807) is 0 Å². The third-order valence-corrected chi connectivity index (χ3v) is 5.35. The molecular formula is C21H41IN6. The first-order valence-corrected chi connectivity index (χ1v) is 10.7. The molecule has 162 valence electrons. The molecule has 6 nitrogen and oxygen atoms in total. The van der Waals surface area contributed by atoms with Crippen molar-refractivity contribution >= 4 is 29.9 Å². The Balaban J connectivity index is 0.00000392. The van der Waals surface area contributed by atoms with Gasteiger partial charge in [0.15, 0.2) is 5.96 Å². The molecule has 1 aliphatic heterocycles. The predicted octanol–water partition coefficient (Wildman–Crippen LogP) is 3.82. The van der Waals surface area contributed by atoms with Crippen LogP contribution in [0.15, 0.2) is 11.2 Å². The maximum Gasteiger partial charge on any atom is 0.193 e. The van der Waals surface area contributed by atoms with E-state index in [1.165, 1.54) is 69.4 Å². The van der Waals surface area contributed by atoms with Crippen LogP contribution in [0.25, 0.3) is 0 Å². The van der Waals surface area contributed by atoms with Crippen LogP contribution in [0, 0.1) is 0 Å². The fraction of sp³-hybridized carbons (Fsp3) is 0.810. The number of hydrogen-bond acceptors (Lipinski definition) is 3. The van der Waals surface area contributed by atoms with E-state index in [4.69, 9.17) is 0 Å². The molecule has 1 aliphatic rings. The minimum absolute atomic E-state index is 0. The van der Waals surface area contributed by atoms with Crippen molar-refractivity contribution in [1.82, 2.24) is 24.9 Å². The van der Waals surface area contributed by atoms with E-state index in [2.05, 4.69) is 52.3 Å². The van der Waals surface area contributed by atoms with Gasteiger partial charge >= 0.3 is 0 Å². The molecule has 0 aliphatic carbocycles. The van der Waals surface area contributed by atoms with Gasteiger partial charge in [0.1, 0.15) is 0 Å². The maximum atomic E-state index is 4.61. The van der Waals surface area contributed by atoms with Gasteiger partial charge in [-0.2, -0.15) is 5.10 Å².